The summed E-state index contributed by atoms with van der Waals surface area (Å²) in [5, 5.41) is 8.93. The molecule has 1 aromatic carbocycles. The number of ether oxygens (including phenoxy) is 1. The van der Waals surface area contributed by atoms with Gasteiger partial charge in [-0.1, -0.05) is 22.0 Å². The Morgan fingerprint density at radius 2 is 2.12 bits per heavy atom. The maximum atomic E-state index is 13.4. The highest BCUT2D eigenvalue weighted by atomic mass is 79.9. The highest BCUT2D eigenvalue weighted by molar-refractivity contribution is 9.10. The van der Waals surface area contributed by atoms with Gasteiger partial charge in [0.1, 0.15) is 0 Å². The molecule has 1 heterocycles. The minimum Gasteiger partial charge on any atom is -0.436 e. The standard InChI is InChI=1S/C12H9BrFNO2/c13-8-4-5-10(14)11(6-8)17-12-3-1-2-9(7-16)15-12/h1-6,16H,7H2. The quantitative estimate of drug-likeness (QED) is 0.945. The first-order chi connectivity index (χ1) is 8.19. The second-order valence-electron chi connectivity index (χ2n) is 3.30. The third-order valence-electron chi connectivity index (χ3n) is 2.05. The number of halogens is 2. The van der Waals surface area contributed by atoms with E-state index in [2.05, 4.69) is 20.9 Å². The van der Waals surface area contributed by atoms with E-state index in [0.717, 1.165) is 0 Å². The van der Waals surface area contributed by atoms with Crippen LogP contribution in [-0.2, 0) is 6.61 Å². The first kappa shape index (κ1) is 12.0. The average molecular weight is 298 g/mol. The first-order valence-electron chi connectivity index (χ1n) is 4.89. The number of benzene rings is 1. The second kappa shape index (κ2) is 5.25. The van der Waals surface area contributed by atoms with Gasteiger partial charge in [-0.2, -0.15) is 0 Å². The van der Waals surface area contributed by atoms with Gasteiger partial charge in [-0.3, -0.25) is 0 Å². The molecule has 0 saturated heterocycles. The van der Waals surface area contributed by atoms with Crippen molar-refractivity contribution in [2.45, 2.75) is 6.61 Å². The molecule has 88 valence electrons. The summed E-state index contributed by atoms with van der Waals surface area (Å²) < 4.78 is 19.4. The lowest BCUT2D eigenvalue weighted by atomic mass is 10.3. The summed E-state index contributed by atoms with van der Waals surface area (Å²) in [6.07, 6.45) is 0. The van der Waals surface area contributed by atoms with E-state index in [1.807, 2.05) is 0 Å². The molecule has 17 heavy (non-hydrogen) atoms. The molecule has 1 aromatic heterocycles. The van der Waals surface area contributed by atoms with E-state index in [0.29, 0.717) is 10.2 Å². The van der Waals surface area contributed by atoms with Crippen molar-refractivity contribution >= 4 is 15.9 Å². The van der Waals surface area contributed by atoms with Crippen LogP contribution >= 0.6 is 15.9 Å². The summed E-state index contributed by atoms with van der Waals surface area (Å²) in [7, 11) is 0. The summed E-state index contributed by atoms with van der Waals surface area (Å²) in [6.45, 7) is -0.182. The van der Waals surface area contributed by atoms with Gasteiger partial charge in [-0.05, 0) is 24.3 Å². The van der Waals surface area contributed by atoms with Gasteiger partial charge in [0.05, 0.1) is 12.3 Å². The van der Waals surface area contributed by atoms with E-state index in [1.165, 1.54) is 12.1 Å². The van der Waals surface area contributed by atoms with Crippen molar-refractivity contribution in [2.24, 2.45) is 0 Å². The zero-order valence-corrected chi connectivity index (χ0v) is 10.3. The zero-order chi connectivity index (χ0) is 12.3. The Kier molecular flexibility index (Phi) is 3.71. The minimum atomic E-state index is -0.468. The van der Waals surface area contributed by atoms with Crippen LogP contribution < -0.4 is 4.74 Å². The molecule has 0 spiro atoms. The molecule has 0 bridgehead atoms. The van der Waals surface area contributed by atoms with Crippen molar-refractivity contribution in [1.82, 2.24) is 4.98 Å². The Balaban J connectivity index is 2.27. The molecule has 0 atom stereocenters. The fourth-order valence-electron chi connectivity index (χ4n) is 1.27. The van der Waals surface area contributed by atoms with Crippen molar-refractivity contribution < 1.29 is 14.2 Å². The van der Waals surface area contributed by atoms with Gasteiger partial charge in [0.2, 0.25) is 5.88 Å². The highest BCUT2D eigenvalue weighted by Gasteiger charge is 2.06. The molecule has 0 aliphatic rings. The summed E-state index contributed by atoms with van der Waals surface area (Å²) >= 11 is 3.23. The molecule has 0 saturated carbocycles. The molecule has 1 N–H and O–H groups in total. The van der Waals surface area contributed by atoms with Crippen molar-refractivity contribution in [1.29, 1.82) is 0 Å². The Morgan fingerprint density at radius 3 is 2.88 bits per heavy atom. The predicted octanol–water partition coefficient (Wildman–Crippen LogP) is 3.27. The molecule has 0 aliphatic carbocycles. The maximum Gasteiger partial charge on any atom is 0.219 e. The smallest absolute Gasteiger partial charge is 0.219 e. The van der Waals surface area contributed by atoms with Crippen molar-refractivity contribution in [3.05, 3.63) is 52.4 Å². The van der Waals surface area contributed by atoms with E-state index in [4.69, 9.17) is 9.84 Å². The van der Waals surface area contributed by atoms with Gasteiger partial charge in [-0.25, -0.2) is 9.37 Å². The van der Waals surface area contributed by atoms with Gasteiger partial charge >= 0.3 is 0 Å². The normalized spacial score (nSPS) is 10.3. The topological polar surface area (TPSA) is 42.4 Å². The lowest BCUT2D eigenvalue weighted by molar-refractivity contribution is 0.275. The fourth-order valence-corrected chi connectivity index (χ4v) is 1.61. The molecule has 0 aliphatic heterocycles. The van der Waals surface area contributed by atoms with Crippen molar-refractivity contribution in [2.75, 3.05) is 0 Å². The van der Waals surface area contributed by atoms with E-state index < -0.39 is 5.82 Å². The fraction of sp³-hybridized carbons (Fsp3) is 0.0833. The second-order valence-corrected chi connectivity index (χ2v) is 4.22. The first-order valence-corrected chi connectivity index (χ1v) is 5.68. The molecule has 0 fully saturated rings. The molecule has 0 radical (unpaired) electrons. The predicted molar refractivity (Wildman–Crippen MR) is 64.3 cm³/mol. The number of aliphatic hydroxyl groups is 1. The molecule has 0 amide bonds. The summed E-state index contributed by atoms with van der Waals surface area (Å²) in [5.41, 5.74) is 0.470. The number of hydrogen-bond donors (Lipinski definition) is 1. The largest absolute Gasteiger partial charge is 0.436 e. The van der Waals surface area contributed by atoms with Crippen LogP contribution in [-0.4, -0.2) is 10.1 Å². The summed E-state index contributed by atoms with van der Waals surface area (Å²) in [4.78, 5) is 4.00. The number of aliphatic hydroxyl groups excluding tert-OH is 1. The molecule has 2 aromatic rings. The number of aromatic nitrogens is 1. The van der Waals surface area contributed by atoms with Gasteiger partial charge in [0.25, 0.3) is 0 Å². The van der Waals surface area contributed by atoms with Crippen LogP contribution in [0.15, 0.2) is 40.9 Å². The van der Waals surface area contributed by atoms with Gasteiger partial charge in [0.15, 0.2) is 11.6 Å². The zero-order valence-electron chi connectivity index (χ0n) is 8.73. The Morgan fingerprint density at radius 1 is 1.29 bits per heavy atom. The number of hydrogen-bond acceptors (Lipinski definition) is 3. The van der Waals surface area contributed by atoms with Crippen LogP contribution in [0.5, 0.6) is 11.6 Å². The van der Waals surface area contributed by atoms with Crippen LogP contribution in [0.1, 0.15) is 5.69 Å². The monoisotopic (exact) mass is 297 g/mol. The van der Waals surface area contributed by atoms with Crippen LogP contribution in [0.25, 0.3) is 0 Å². The van der Waals surface area contributed by atoms with Gasteiger partial charge in [-0.15, -0.1) is 0 Å². The minimum absolute atomic E-state index is 0.0852. The Bertz CT molecular complexity index is 534. The van der Waals surface area contributed by atoms with Gasteiger partial charge in [0, 0.05) is 10.5 Å². The summed E-state index contributed by atoms with van der Waals surface area (Å²) in [6, 6.07) is 9.34. The average Bonchev–Trinajstić information content (AvgIpc) is 2.34. The Labute approximate surface area is 106 Å². The Hall–Kier alpha value is -1.46. The molecule has 3 nitrogen and oxygen atoms in total. The molecule has 2 rings (SSSR count). The van der Waals surface area contributed by atoms with Gasteiger partial charge < -0.3 is 9.84 Å². The number of nitrogens with zero attached hydrogens (tertiary/aromatic N) is 1. The third kappa shape index (κ3) is 3.01. The van der Waals surface area contributed by atoms with Crippen LogP contribution in [0.4, 0.5) is 4.39 Å². The maximum absolute atomic E-state index is 13.4. The molecule has 5 heteroatoms. The van der Waals surface area contributed by atoms with Crippen molar-refractivity contribution in [3.63, 3.8) is 0 Å². The van der Waals surface area contributed by atoms with E-state index in [9.17, 15) is 4.39 Å². The molecular formula is C12H9BrFNO2. The van der Waals surface area contributed by atoms with Crippen LogP contribution in [0.3, 0.4) is 0 Å². The van der Waals surface area contributed by atoms with E-state index >= 15 is 0 Å². The van der Waals surface area contributed by atoms with Crippen LogP contribution in [0, 0.1) is 5.82 Å². The van der Waals surface area contributed by atoms with Crippen LogP contribution in [0.2, 0.25) is 0 Å². The van der Waals surface area contributed by atoms with E-state index in [-0.39, 0.29) is 18.2 Å². The third-order valence-corrected chi connectivity index (χ3v) is 2.54. The lowest BCUT2D eigenvalue weighted by Gasteiger charge is -2.07. The molecule has 0 unspecified atom stereocenters. The SMILES string of the molecule is OCc1cccc(Oc2cc(Br)ccc2F)n1. The van der Waals surface area contributed by atoms with Crippen molar-refractivity contribution in [3.8, 4) is 11.6 Å². The molecular weight excluding hydrogens is 289 g/mol. The highest BCUT2D eigenvalue weighted by Crippen LogP contribution is 2.26. The lowest BCUT2D eigenvalue weighted by Crippen LogP contribution is -1.94. The summed E-state index contributed by atoms with van der Waals surface area (Å²) in [5.74, 6) is -0.139. The number of rotatable bonds is 3. The number of pyridine rings is 1. The van der Waals surface area contributed by atoms with E-state index in [1.54, 1.807) is 24.3 Å².